The van der Waals surface area contributed by atoms with Crippen LogP contribution in [0.4, 0.5) is 0 Å². The van der Waals surface area contributed by atoms with Crippen LogP contribution in [-0.4, -0.2) is 45.2 Å². The smallest absolute Gasteiger partial charge is 0.326 e. The molecular weight excluding hydrogens is 518 g/mol. The molecule has 8 heteroatoms. The number of amides is 1. The van der Waals surface area contributed by atoms with Gasteiger partial charge in [-0.25, -0.2) is 4.79 Å². The molecule has 0 bridgehead atoms. The van der Waals surface area contributed by atoms with Crippen LogP contribution in [0.3, 0.4) is 0 Å². The first-order valence-electron chi connectivity index (χ1n) is 13.3. The van der Waals surface area contributed by atoms with Gasteiger partial charge < -0.3 is 24.6 Å². The van der Waals surface area contributed by atoms with E-state index in [0.29, 0.717) is 47.6 Å². The molecule has 2 atom stereocenters. The molecule has 1 amide bonds. The van der Waals surface area contributed by atoms with E-state index in [1.807, 2.05) is 66.7 Å². The number of carboxylic acids is 1. The van der Waals surface area contributed by atoms with Crippen LogP contribution < -0.4 is 4.74 Å². The summed E-state index contributed by atoms with van der Waals surface area (Å²) >= 11 is 6.51. The summed E-state index contributed by atoms with van der Waals surface area (Å²) in [5, 5.41) is 20.5. The molecule has 0 spiro atoms. The predicted molar refractivity (Wildman–Crippen MR) is 146 cm³/mol. The highest BCUT2D eigenvalue weighted by molar-refractivity contribution is 6.32. The third-order valence-corrected chi connectivity index (χ3v) is 7.81. The van der Waals surface area contributed by atoms with E-state index >= 15 is 0 Å². The van der Waals surface area contributed by atoms with E-state index in [0.717, 1.165) is 11.1 Å². The number of halogens is 1. The highest BCUT2D eigenvalue weighted by Gasteiger charge is 2.40. The van der Waals surface area contributed by atoms with Gasteiger partial charge in [0.15, 0.2) is 6.10 Å². The third-order valence-electron chi connectivity index (χ3n) is 7.52. The van der Waals surface area contributed by atoms with Gasteiger partial charge in [0.05, 0.1) is 17.2 Å². The molecule has 1 aliphatic heterocycles. The lowest BCUT2D eigenvalue weighted by Gasteiger charge is -2.38. The molecule has 1 aliphatic carbocycles. The number of aliphatic hydroxyl groups is 1. The molecule has 3 aromatic rings. The van der Waals surface area contributed by atoms with E-state index in [1.165, 1.54) is 4.90 Å². The lowest BCUT2D eigenvalue weighted by Crippen LogP contribution is -2.51. The molecular formula is C31H32ClNO6. The molecule has 3 aromatic carbocycles. The lowest BCUT2D eigenvalue weighted by atomic mass is 9.91. The van der Waals surface area contributed by atoms with Crippen molar-refractivity contribution >= 4 is 23.5 Å². The summed E-state index contributed by atoms with van der Waals surface area (Å²) in [5.74, 6) is -1.05. The van der Waals surface area contributed by atoms with Crippen molar-refractivity contribution in [3.63, 3.8) is 0 Å². The Morgan fingerprint density at radius 3 is 2.28 bits per heavy atom. The number of hydrogen-bond donors (Lipinski definition) is 2. The van der Waals surface area contributed by atoms with Crippen molar-refractivity contribution in [2.24, 2.45) is 0 Å². The van der Waals surface area contributed by atoms with Crippen molar-refractivity contribution in [2.75, 3.05) is 0 Å². The summed E-state index contributed by atoms with van der Waals surface area (Å²) in [4.78, 5) is 28.0. The standard InChI is InChI=1S/C31H32ClNO6/c32-26-16-11-22-18-33(27(31(36)37)17-25(22)29(26)38-19-20-7-3-1-4-8-20)30(35)28(21-9-5-2-6-10-21)39-24-14-12-23(34)13-15-24/h1-11,16,23-24,27-28,34H,12-15,17-19H2,(H,36,37)/t23?,24?,27-,28?/m0/s1. The van der Waals surface area contributed by atoms with Crippen LogP contribution in [0.5, 0.6) is 5.75 Å². The summed E-state index contributed by atoms with van der Waals surface area (Å²) in [6, 6.07) is 21.3. The second kappa shape index (κ2) is 12.2. The maximum atomic E-state index is 14.1. The quantitative estimate of drug-likeness (QED) is 0.395. The van der Waals surface area contributed by atoms with E-state index < -0.39 is 24.0 Å². The third kappa shape index (κ3) is 6.27. The van der Waals surface area contributed by atoms with Crippen molar-refractivity contribution < 1.29 is 29.3 Å². The number of aliphatic carboxylic acids is 1. The summed E-state index contributed by atoms with van der Waals surface area (Å²) < 4.78 is 12.4. The number of aliphatic hydroxyl groups excluding tert-OH is 1. The van der Waals surface area contributed by atoms with E-state index in [9.17, 15) is 19.8 Å². The molecule has 1 fully saturated rings. The van der Waals surface area contributed by atoms with E-state index in [4.69, 9.17) is 21.1 Å². The van der Waals surface area contributed by atoms with Gasteiger partial charge in [0.25, 0.3) is 5.91 Å². The summed E-state index contributed by atoms with van der Waals surface area (Å²) in [7, 11) is 0. The Morgan fingerprint density at radius 1 is 0.949 bits per heavy atom. The zero-order valence-corrected chi connectivity index (χ0v) is 22.3. The SMILES string of the molecule is O=C(O)[C@@H]1Cc2c(ccc(Cl)c2OCc2ccccc2)CN1C(=O)C(OC1CCC(O)CC1)c1ccccc1. The number of benzene rings is 3. The lowest BCUT2D eigenvalue weighted by molar-refractivity contribution is -0.161. The van der Waals surface area contributed by atoms with Gasteiger partial charge in [-0.1, -0.05) is 78.3 Å². The number of rotatable bonds is 8. The molecule has 204 valence electrons. The predicted octanol–water partition coefficient (Wildman–Crippen LogP) is 5.32. The minimum absolute atomic E-state index is 0.0677. The maximum Gasteiger partial charge on any atom is 0.326 e. The summed E-state index contributed by atoms with van der Waals surface area (Å²) in [6.07, 6.45) is 1.08. The number of carbonyl (C=O) groups is 2. The van der Waals surface area contributed by atoms with Crippen LogP contribution in [0.1, 0.15) is 54.0 Å². The van der Waals surface area contributed by atoms with Crippen molar-refractivity contribution in [2.45, 2.75) is 69.6 Å². The van der Waals surface area contributed by atoms with Gasteiger partial charge in [-0.3, -0.25) is 4.79 Å². The average molecular weight is 550 g/mol. The average Bonchev–Trinajstić information content (AvgIpc) is 2.96. The molecule has 7 nitrogen and oxygen atoms in total. The van der Waals surface area contributed by atoms with Crippen LogP contribution in [0.25, 0.3) is 0 Å². The molecule has 0 aromatic heterocycles. The largest absolute Gasteiger partial charge is 0.487 e. The number of nitrogens with zero attached hydrogens (tertiary/aromatic N) is 1. The highest BCUT2D eigenvalue weighted by Crippen LogP contribution is 2.39. The van der Waals surface area contributed by atoms with Gasteiger partial charge in [0, 0.05) is 18.5 Å². The van der Waals surface area contributed by atoms with Gasteiger partial charge in [-0.05, 0) is 48.4 Å². The van der Waals surface area contributed by atoms with Crippen molar-refractivity contribution in [3.05, 3.63) is 100 Å². The van der Waals surface area contributed by atoms with Crippen LogP contribution in [0, 0.1) is 0 Å². The van der Waals surface area contributed by atoms with Crippen LogP contribution in [-0.2, 0) is 33.9 Å². The Kier molecular flexibility index (Phi) is 8.50. The Labute approximate surface area is 232 Å². The summed E-state index contributed by atoms with van der Waals surface area (Å²) in [5.41, 5.74) is 3.13. The molecule has 39 heavy (non-hydrogen) atoms. The number of ether oxygens (including phenoxy) is 2. The number of fused-ring (bicyclic) bond motifs is 1. The Morgan fingerprint density at radius 2 is 1.62 bits per heavy atom. The van der Waals surface area contributed by atoms with Gasteiger partial charge >= 0.3 is 5.97 Å². The highest BCUT2D eigenvalue weighted by atomic mass is 35.5. The molecule has 5 rings (SSSR count). The van der Waals surface area contributed by atoms with Crippen LogP contribution in [0.15, 0.2) is 72.8 Å². The number of carboxylic acid groups (broad SMARTS) is 1. The van der Waals surface area contributed by atoms with Crippen LogP contribution >= 0.6 is 11.6 Å². The summed E-state index contributed by atoms with van der Waals surface area (Å²) in [6.45, 7) is 0.386. The molecule has 0 saturated heterocycles. The van der Waals surface area contributed by atoms with Crippen LogP contribution in [0.2, 0.25) is 5.02 Å². The van der Waals surface area contributed by atoms with Crippen molar-refractivity contribution in [1.29, 1.82) is 0 Å². The van der Waals surface area contributed by atoms with E-state index in [1.54, 1.807) is 6.07 Å². The zero-order valence-electron chi connectivity index (χ0n) is 21.5. The molecule has 2 aliphatic rings. The topological polar surface area (TPSA) is 96.3 Å². The minimum Gasteiger partial charge on any atom is -0.487 e. The fourth-order valence-corrected chi connectivity index (χ4v) is 5.61. The van der Waals surface area contributed by atoms with Crippen molar-refractivity contribution in [3.8, 4) is 5.75 Å². The van der Waals surface area contributed by atoms with Gasteiger partial charge in [-0.15, -0.1) is 0 Å². The van der Waals surface area contributed by atoms with Gasteiger partial charge in [0.1, 0.15) is 18.4 Å². The minimum atomic E-state index is -1.11. The number of carbonyl (C=O) groups excluding carboxylic acids is 1. The first-order valence-corrected chi connectivity index (χ1v) is 13.7. The van der Waals surface area contributed by atoms with E-state index in [-0.39, 0.29) is 31.8 Å². The fraction of sp³-hybridized carbons (Fsp3) is 0.355. The Balaban J connectivity index is 1.43. The second-order valence-corrected chi connectivity index (χ2v) is 10.6. The Bertz CT molecular complexity index is 1290. The molecule has 1 heterocycles. The molecule has 1 unspecified atom stereocenters. The monoisotopic (exact) mass is 549 g/mol. The zero-order chi connectivity index (χ0) is 27.4. The maximum absolute atomic E-state index is 14.1. The molecule has 0 radical (unpaired) electrons. The van der Waals surface area contributed by atoms with Gasteiger partial charge in [-0.2, -0.15) is 0 Å². The fourth-order valence-electron chi connectivity index (χ4n) is 5.38. The second-order valence-electron chi connectivity index (χ2n) is 10.2. The normalized spacial score (nSPS) is 21.6. The molecule has 1 saturated carbocycles. The van der Waals surface area contributed by atoms with E-state index in [2.05, 4.69) is 0 Å². The van der Waals surface area contributed by atoms with Crippen molar-refractivity contribution in [1.82, 2.24) is 4.90 Å². The first-order chi connectivity index (χ1) is 18.9. The number of hydrogen-bond acceptors (Lipinski definition) is 5. The Hall–Kier alpha value is -3.39. The molecule has 2 N–H and O–H groups in total. The van der Waals surface area contributed by atoms with Gasteiger partial charge in [0.2, 0.25) is 0 Å². The first kappa shape index (κ1) is 27.2.